The van der Waals surface area contributed by atoms with E-state index < -0.39 is 0 Å². The first-order valence-corrected chi connectivity index (χ1v) is 6.87. The lowest BCUT2D eigenvalue weighted by Gasteiger charge is -2.06. The summed E-state index contributed by atoms with van der Waals surface area (Å²) in [6.45, 7) is 0.0713. The van der Waals surface area contributed by atoms with Crippen molar-refractivity contribution in [3.8, 4) is 5.75 Å². The Kier molecular flexibility index (Phi) is 4.42. The van der Waals surface area contributed by atoms with E-state index in [1.807, 2.05) is 60.9 Å². The Bertz CT molecular complexity index is 523. The molecule has 2 rings (SSSR count). The van der Waals surface area contributed by atoms with Gasteiger partial charge in [-0.2, -0.15) is 0 Å². The lowest BCUT2D eigenvalue weighted by atomic mass is 10.1. The minimum absolute atomic E-state index is 0.00486. The first-order chi connectivity index (χ1) is 8.79. The van der Waals surface area contributed by atoms with Gasteiger partial charge in [-0.15, -0.1) is 11.8 Å². The Balaban J connectivity index is 1.99. The predicted octanol–water partition coefficient (Wildman–Crippen LogP) is 3.67. The molecular weight excluding hydrogens is 244 g/mol. The van der Waals surface area contributed by atoms with Crippen molar-refractivity contribution >= 4 is 17.5 Å². The molecule has 2 aromatic carbocycles. The van der Waals surface area contributed by atoms with E-state index in [0.717, 1.165) is 4.90 Å². The highest BCUT2D eigenvalue weighted by Crippen LogP contribution is 2.16. The number of thioether (sulfide) groups is 1. The summed E-state index contributed by atoms with van der Waals surface area (Å²) < 4.78 is 5.44. The zero-order valence-corrected chi connectivity index (χ0v) is 10.9. The number of ketones is 1. The first kappa shape index (κ1) is 12.7. The fourth-order valence-corrected chi connectivity index (χ4v) is 2.00. The number of rotatable bonds is 5. The summed E-state index contributed by atoms with van der Waals surface area (Å²) in [5, 5.41) is 0. The number of benzene rings is 2. The number of hydrogen-bond donors (Lipinski definition) is 0. The molecule has 0 amide bonds. The third kappa shape index (κ3) is 3.37. The van der Waals surface area contributed by atoms with E-state index in [1.165, 1.54) is 0 Å². The van der Waals surface area contributed by atoms with Crippen molar-refractivity contribution in [2.24, 2.45) is 0 Å². The Labute approximate surface area is 111 Å². The van der Waals surface area contributed by atoms with Gasteiger partial charge in [-0.3, -0.25) is 4.79 Å². The molecule has 18 heavy (non-hydrogen) atoms. The van der Waals surface area contributed by atoms with Crippen LogP contribution in [-0.2, 0) is 0 Å². The molecule has 92 valence electrons. The molecule has 2 nitrogen and oxygen atoms in total. The fourth-order valence-electron chi connectivity index (χ4n) is 1.55. The smallest absolute Gasteiger partial charge is 0.200 e. The minimum Gasteiger partial charge on any atom is -0.485 e. The summed E-state index contributed by atoms with van der Waals surface area (Å²) in [4.78, 5) is 13.0. The van der Waals surface area contributed by atoms with Crippen molar-refractivity contribution in [2.45, 2.75) is 4.90 Å². The SMILES string of the molecule is CSc1cccc(C(=O)COc2ccccc2)c1. The van der Waals surface area contributed by atoms with Crippen molar-refractivity contribution in [3.05, 3.63) is 60.2 Å². The van der Waals surface area contributed by atoms with E-state index >= 15 is 0 Å². The summed E-state index contributed by atoms with van der Waals surface area (Å²) in [7, 11) is 0. The van der Waals surface area contributed by atoms with Crippen LogP contribution in [-0.4, -0.2) is 18.6 Å². The van der Waals surface area contributed by atoms with Crippen molar-refractivity contribution in [1.29, 1.82) is 0 Å². The summed E-state index contributed by atoms with van der Waals surface area (Å²) in [6.07, 6.45) is 1.99. The molecular formula is C15H14O2S. The quantitative estimate of drug-likeness (QED) is 0.604. The van der Waals surface area contributed by atoms with Crippen LogP contribution in [0.1, 0.15) is 10.4 Å². The molecule has 0 spiro atoms. The Morgan fingerprint density at radius 3 is 2.61 bits per heavy atom. The van der Waals surface area contributed by atoms with E-state index in [-0.39, 0.29) is 12.4 Å². The highest BCUT2D eigenvalue weighted by Gasteiger charge is 2.07. The topological polar surface area (TPSA) is 26.3 Å². The standard InChI is InChI=1S/C15H14O2S/c1-18-14-9-5-6-12(10-14)15(16)11-17-13-7-3-2-4-8-13/h2-10H,11H2,1H3. The van der Waals surface area contributed by atoms with Crippen LogP contribution in [0, 0.1) is 0 Å². The van der Waals surface area contributed by atoms with Crippen LogP contribution < -0.4 is 4.74 Å². The van der Waals surface area contributed by atoms with Gasteiger partial charge >= 0.3 is 0 Å². The molecule has 0 aromatic heterocycles. The minimum atomic E-state index is -0.00486. The van der Waals surface area contributed by atoms with Crippen LogP contribution in [0.15, 0.2) is 59.5 Å². The average molecular weight is 258 g/mol. The zero-order valence-electron chi connectivity index (χ0n) is 10.1. The summed E-state index contributed by atoms with van der Waals surface area (Å²) in [6, 6.07) is 16.9. The van der Waals surface area contributed by atoms with E-state index in [9.17, 15) is 4.79 Å². The molecule has 0 aliphatic carbocycles. The summed E-state index contributed by atoms with van der Waals surface area (Å²) in [5.41, 5.74) is 0.692. The van der Waals surface area contributed by atoms with Gasteiger partial charge in [0.2, 0.25) is 0 Å². The van der Waals surface area contributed by atoms with Gasteiger partial charge in [0.05, 0.1) is 0 Å². The van der Waals surface area contributed by atoms with Gasteiger partial charge < -0.3 is 4.74 Å². The molecule has 0 atom stereocenters. The number of para-hydroxylation sites is 1. The van der Waals surface area contributed by atoms with Crippen molar-refractivity contribution in [3.63, 3.8) is 0 Å². The summed E-state index contributed by atoms with van der Waals surface area (Å²) >= 11 is 1.62. The number of carbonyl (C=O) groups is 1. The van der Waals surface area contributed by atoms with Gasteiger partial charge in [0, 0.05) is 10.5 Å². The van der Waals surface area contributed by atoms with Crippen molar-refractivity contribution < 1.29 is 9.53 Å². The zero-order chi connectivity index (χ0) is 12.8. The van der Waals surface area contributed by atoms with Crippen molar-refractivity contribution in [1.82, 2.24) is 0 Å². The maximum Gasteiger partial charge on any atom is 0.200 e. The number of hydrogen-bond acceptors (Lipinski definition) is 3. The molecule has 0 radical (unpaired) electrons. The lowest BCUT2D eigenvalue weighted by molar-refractivity contribution is 0.0921. The predicted molar refractivity (Wildman–Crippen MR) is 74.5 cm³/mol. The molecule has 0 aliphatic heterocycles. The second kappa shape index (κ2) is 6.26. The van der Waals surface area contributed by atoms with Crippen LogP contribution in [0.3, 0.4) is 0 Å². The number of Topliss-reactive ketones (excluding diaryl/α,β-unsaturated/α-hetero) is 1. The maximum atomic E-state index is 12.0. The van der Waals surface area contributed by atoms with Gasteiger partial charge in [0.25, 0.3) is 0 Å². The van der Waals surface area contributed by atoms with Crippen LogP contribution in [0.5, 0.6) is 5.75 Å². The van der Waals surface area contributed by atoms with E-state index in [0.29, 0.717) is 11.3 Å². The second-order valence-corrected chi connectivity index (χ2v) is 4.64. The molecule has 0 aliphatic rings. The third-order valence-electron chi connectivity index (χ3n) is 2.50. The van der Waals surface area contributed by atoms with Gasteiger partial charge in [-0.1, -0.05) is 30.3 Å². The molecule has 0 heterocycles. The highest BCUT2D eigenvalue weighted by molar-refractivity contribution is 7.98. The monoisotopic (exact) mass is 258 g/mol. The van der Waals surface area contributed by atoms with E-state index in [4.69, 9.17) is 4.74 Å². The Morgan fingerprint density at radius 2 is 1.89 bits per heavy atom. The maximum absolute atomic E-state index is 12.0. The van der Waals surface area contributed by atoms with Gasteiger partial charge in [-0.05, 0) is 30.5 Å². The lowest BCUT2D eigenvalue weighted by Crippen LogP contribution is -2.11. The molecule has 3 heteroatoms. The molecule has 0 unspecified atom stereocenters. The molecule has 0 fully saturated rings. The molecule has 0 bridgehead atoms. The number of ether oxygens (including phenoxy) is 1. The van der Waals surface area contributed by atoms with Gasteiger partial charge in [-0.25, -0.2) is 0 Å². The number of carbonyl (C=O) groups excluding carboxylic acids is 1. The van der Waals surface area contributed by atoms with Crippen LogP contribution in [0.4, 0.5) is 0 Å². The van der Waals surface area contributed by atoms with Crippen molar-refractivity contribution in [2.75, 3.05) is 12.9 Å². The van der Waals surface area contributed by atoms with Crippen LogP contribution in [0.25, 0.3) is 0 Å². The van der Waals surface area contributed by atoms with E-state index in [1.54, 1.807) is 11.8 Å². The summed E-state index contributed by atoms with van der Waals surface area (Å²) in [5.74, 6) is 0.710. The van der Waals surface area contributed by atoms with Gasteiger partial charge in [0.15, 0.2) is 12.4 Å². The largest absolute Gasteiger partial charge is 0.485 e. The Hall–Kier alpha value is -1.74. The highest BCUT2D eigenvalue weighted by atomic mass is 32.2. The van der Waals surface area contributed by atoms with Crippen LogP contribution >= 0.6 is 11.8 Å². The van der Waals surface area contributed by atoms with E-state index in [2.05, 4.69) is 0 Å². The fraction of sp³-hybridized carbons (Fsp3) is 0.133. The first-order valence-electron chi connectivity index (χ1n) is 5.64. The average Bonchev–Trinajstić information content (AvgIpc) is 2.46. The molecule has 0 saturated heterocycles. The van der Waals surface area contributed by atoms with Crippen LogP contribution in [0.2, 0.25) is 0 Å². The molecule has 0 saturated carbocycles. The second-order valence-electron chi connectivity index (χ2n) is 3.76. The molecule has 0 N–H and O–H groups in total. The van der Waals surface area contributed by atoms with Gasteiger partial charge in [0.1, 0.15) is 5.75 Å². The Morgan fingerprint density at radius 1 is 1.11 bits per heavy atom. The molecule has 2 aromatic rings. The normalized spacial score (nSPS) is 10.1. The third-order valence-corrected chi connectivity index (χ3v) is 3.23.